The zero-order chi connectivity index (χ0) is 21.8. The van der Waals surface area contributed by atoms with Gasteiger partial charge in [-0.15, -0.1) is 0 Å². The summed E-state index contributed by atoms with van der Waals surface area (Å²) in [6.45, 7) is 10.1. The lowest BCUT2D eigenvalue weighted by Gasteiger charge is -2.13. The maximum atomic E-state index is 4.73. The molecule has 4 aromatic rings. The van der Waals surface area contributed by atoms with Crippen LogP contribution in [0.1, 0.15) is 39.3 Å². The largest absolute Gasteiger partial charge is 0.364 e. The Bertz CT molecular complexity index is 1130. The first kappa shape index (κ1) is 20.8. The third-order valence-electron chi connectivity index (χ3n) is 5.17. The molecule has 2 aromatic heterocycles. The van der Waals surface area contributed by atoms with Gasteiger partial charge in [-0.05, 0) is 36.5 Å². The fourth-order valence-electron chi connectivity index (χ4n) is 3.42. The molecule has 0 fully saturated rings. The number of hydrogen-bond donors (Lipinski definition) is 2. The molecule has 0 saturated carbocycles. The molecule has 0 amide bonds. The van der Waals surface area contributed by atoms with Crippen LogP contribution >= 0.6 is 0 Å². The van der Waals surface area contributed by atoms with Crippen molar-refractivity contribution in [2.24, 2.45) is 5.92 Å². The SMILES string of the molecule is CC(C)CNc1nc(NCc2ccc(-c3ccccc3)cc2)c2ncn(C(C)C)c2n1. The van der Waals surface area contributed by atoms with E-state index in [4.69, 9.17) is 9.97 Å². The highest BCUT2D eigenvalue weighted by molar-refractivity contribution is 5.84. The minimum Gasteiger partial charge on any atom is -0.364 e. The highest BCUT2D eigenvalue weighted by Crippen LogP contribution is 2.24. The molecule has 0 bridgehead atoms. The van der Waals surface area contributed by atoms with E-state index in [-0.39, 0.29) is 6.04 Å². The summed E-state index contributed by atoms with van der Waals surface area (Å²) in [5, 5.41) is 6.83. The Balaban J connectivity index is 1.57. The zero-order valence-electron chi connectivity index (χ0n) is 18.6. The molecular formula is C25H30N6. The highest BCUT2D eigenvalue weighted by Gasteiger charge is 2.15. The van der Waals surface area contributed by atoms with Crippen LogP contribution in [0.3, 0.4) is 0 Å². The fraction of sp³-hybridized carbons (Fsp3) is 0.320. The standard InChI is InChI=1S/C25H30N6/c1-17(2)14-27-25-29-23(22-24(30-25)31(16-28-22)18(3)4)26-15-19-10-12-21(13-11-19)20-8-6-5-7-9-20/h5-13,16-18H,14-15H2,1-4H3,(H2,26,27,29,30). The van der Waals surface area contributed by atoms with E-state index in [1.54, 1.807) is 0 Å². The van der Waals surface area contributed by atoms with Gasteiger partial charge in [0.15, 0.2) is 17.0 Å². The van der Waals surface area contributed by atoms with E-state index in [1.165, 1.54) is 16.7 Å². The smallest absolute Gasteiger partial charge is 0.226 e. The minimum atomic E-state index is 0.274. The predicted molar refractivity (Wildman–Crippen MR) is 128 cm³/mol. The van der Waals surface area contributed by atoms with Gasteiger partial charge in [0.2, 0.25) is 5.95 Å². The first-order valence-corrected chi connectivity index (χ1v) is 10.9. The van der Waals surface area contributed by atoms with E-state index >= 15 is 0 Å². The van der Waals surface area contributed by atoms with Gasteiger partial charge in [-0.1, -0.05) is 68.4 Å². The molecule has 4 rings (SSSR count). The molecule has 0 saturated heterocycles. The first-order chi connectivity index (χ1) is 15.0. The Morgan fingerprint density at radius 1 is 0.839 bits per heavy atom. The van der Waals surface area contributed by atoms with Crippen molar-refractivity contribution in [2.75, 3.05) is 17.2 Å². The average Bonchev–Trinajstić information content (AvgIpc) is 3.21. The van der Waals surface area contributed by atoms with Crippen molar-refractivity contribution in [1.82, 2.24) is 19.5 Å². The van der Waals surface area contributed by atoms with Crippen molar-refractivity contribution in [3.05, 3.63) is 66.5 Å². The fourth-order valence-corrected chi connectivity index (χ4v) is 3.42. The number of nitrogens with one attached hydrogen (secondary N) is 2. The van der Waals surface area contributed by atoms with Gasteiger partial charge in [0, 0.05) is 19.1 Å². The molecule has 0 spiro atoms. The Morgan fingerprint density at radius 3 is 2.23 bits per heavy atom. The molecular weight excluding hydrogens is 384 g/mol. The second kappa shape index (κ2) is 9.16. The van der Waals surface area contributed by atoms with Crippen molar-refractivity contribution >= 4 is 22.9 Å². The van der Waals surface area contributed by atoms with Crippen molar-refractivity contribution < 1.29 is 0 Å². The molecule has 31 heavy (non-hydrogen) atoms. The lowest BCUT2D eigenvalue weighted by atomic mass is 10.0. The molecule has 0 radical (unpaired) electrons. The molecule has 0 aliphatic heterocycles. The number of fused-ring (bicyclic) bond motifs is 1. The molecule has 160 valence electrons. The number of aromatic nitrogens is 4. The molecule has 2 heterocycles. The van der Waals surface area contributed by atoms with Gasteiger partial charge in [-0.25, -0.2) is 4.98 Å². The molecule has 0 unspecified atom stereocenters. The Morgan fingerprint density at radius 2 is 1.55 bits per heavy atom. The number of hydrogen-bond acceptors (Lipinski definition) is 5. The summed E-state index contributed by atoms with van der Waals surface area (Å²) < 4.78 is 2.08. The Labute approximate surface area is 183 Å². The van der Waals surface area contributed by atoms with E-state index in [0.717, 1.165) is 23.5 Å². The van der Waals surface area contributed by atoms with Gasteiger partial charge in [-0.3, -0.25) is 0 Å². The summed E-state index contributed by atoms with van der Waals surface area (Å²) in [4.78, 5) is 14.0. The number of imidazole rings is 1. The van der Waals surface area contributed by atoms with E-state index in [0.29, 0.717) is 18.4 Å². The summed E-state index contributed by atoms with van der Waals surface area (Å²) in [5.41, 5.74) is 5.26. The lowest BCUT2D eigenvalue weighted by Crippen LogP contribution is -2.13. The molecule has 2 N–H and O–H groups in total. The third-order valence-corrected chi connectivity index (χ3v) is 5.17. The predicted octanol–water partition coefficient (Wildman–Crippen LogP) is 5.75. The van der Waals surface area contributed by atoms with Crippen molar-refractivity contribution in [1.29, 1.82) is 0 Å². The average molecular weight is 415 g/mol. The van der Waals surface area contributed by atoms with Crippen LogP contribution in [-0.4, -0.2) is 26.1 Å². The van der Waals surface area contributed by atoms with Crippen LogP contribution in [0, 0.1) is 5.92 Å². The summed E-state index contributed by atoms with van der Waals surface area (Å²) in [7, 11) is 0. The molecule has 6 heteroatoms. The second-order valence-electron chi connectivity index (χ2n) is 8.50. The third kappa shape index (κ3) is 4.85. The summed E-state index contributed by atoms with van der Waals surface area (Å²) in [6, 6.07) is 19.3. The molecule has 6 nitrogen and oxygen atoms in total. The monoisotopic (exact) mass is 414 g/mol. The van der Waals surface area contributed by atoms with Gasteiger partial charge in [0.1, 0.15) is 0 Å². The summed E-state index contributed by atoms with van der Waals surface area (Å²) >= 11 is 0. The molecule has 0 atom stereocenters. The van der Waals surface area contributed by atoms with Gasteiger partial charge in [0.05, 0.1) is 6.33 Å². The lowest BCUT2D eigenvalue weighted by molar-refractivity contribution is 0.612. The molecule has 2 aromatic carbocycles. The number of anilines is 2. The second-order valence-corrected chi connectivity index (χ2v) is 8.50. The van der Waals surface area contributed by atoms with Crippen LogP contribution in [0.25, 0.3) is 22.3 Å². The summed E-state index contributed by atoms with van der Waals surface area (Å²) in [5.74, 6) is 1.89. The molecule has 0 aliphatic carbocycles. The van der Waals surface area contributed by atoms with Crippen LogP contribution in [-0.2, 0) is 6.54 Å². The first-order valence-electron chi connectivity index (χ1n) is 10.9. The van der Waals surface area contributed by atoms with Gasteiger partial charge >= 0.3 is 0 Å². The van der Waals surface area contributed by atoms with Crippen molar-refractivity contribution in [2.45, 2.75) is 40.3 Å². The maximum Gasteiger partial charge on any atom is 0.226 e. The highest BCUT2D eigenvalue weighted by atomic mass is 15.2. The quantitative estimate of drug-likeness (QED) is 0.384. The normalized spacial score (nSPS) is 11.4. The maximum absolute atomic E-state index is 4.73. The van der Waals surface area contributed by atoms with E-state index in [9.17, 15) is 0 Å². The van der Waals surface area contributed by atoms with Crippen molar-refractivity contribution in [3.63, 3.8) is 0 Å². The van der Waals surface area contributed by atoms with Gasteiger partial charge in [-0.2, -0.15) is 9.97 Å². The van der Waals surface area contributed by atoms with Crippen LogP contribution in [0.5, 0.6) is 0 Å². The van der Waals surface area contributed by atoms with E-state index in [1.807, 2.05) is 12.4 Å². The number of rotatable bonds is 8. The van der Waals surface area contributed by atoms with Crippen LogP contribution in [0.4, 0.5) is 11.8 Å². The number of benzene rings is 2. The van der Waals surface area contributed by atoms with Crippen LogP contribution in [0.15, 0.2) is 60.9 Å². The number of nitrogens with zero attached hydrogens (tertiary/aromatic N) is 4. The Kier molecular flexibility index (Phi) is 6.16. The van der Waals surface area contributed by atoms with Crippen LogP contribution in [0.2, 0.25) is 0 Å². The summed E-state index contributed by atoms with van der Waals surface area (Å²) in [6.07, 6.45) is 1.84. The van der Waals surface area contributed by atoms with Gasteiger partial charge in [0.25, 0.3) is 0 Å². The van der Waals surface area contributed by atoms with E-state index < -0.39 is 0 Å². The minimum absolute atomic E-state index is 0.274. The molecule has 0 aliphatic rings. The van der Waals surface area contributed by atoms with Crippen molar-refractivity contribution in [3.8, 4) is 11.1 Å². The topological polar surface area (TPSA) is 67.7 Å². The van der Waals surface area contributed by atoms with Crippen LogP contribution < -0.4 is 10.6 Å². The van der Waals surface area contributed by atoms with E-state index in [2.05, 4.69) is 96.4 Å². The zero-order valence-corrected chi connectivity index (χ0v) is 18.6. The van der Waals surface area contributed by atoms with Gasteiger partial charge < -0.3 is 15.2 Å². The Hall–Kier alpha value is -3.41.